The summed E-state index contributed by atoms with van der Waals surface area (Å²) in [5.74, 6) is 17.9. The summed E-state index contributed by atoms with van der Waals surface area (Å²) in [6.07, 6.45) is 2.22. The monoisotopic (exact) mass is 2110 g/mol. The zero-order valence-electron chi connectivity index (χ0n) is 81.6. The largest absolute Gasteiger partial charge is 0.480 e. The Morgan fingerprint density at radius 3 is 1.20 bits per heavy atom. The number of aliphatic carboxylic acids is 2. The molecule has 0 bridgehead atoms. The summed E-state index contributed by atoms with van der Waals surface area (Å²) in [7, 11) is 1.76. The third-order valence-corrected chi connectivity index (χ3v) is 19.0. The Kier molecular flexibility index (Phi) is 74.7. The van der Waals surface area contributed by atoms with Gasteiger partial charge in [0.05, 0.1) is 78.3 Å². The lowest BCUT2D eigenvalue weighted by Crippen LogP contribution is -2.68. The first kappa shape index (κ1) is 134. The average Bonchev–Trinajstić information content (AvgIpc) is 1.71. The molecule has 6 atom stereocenters. The van der Waals surface area contributed by atoms with Gasteiger partial charge in [0.2, 0.25) is 53.2 Å². The molecular weight excluding hydrogens is 1980 g/mol. The number of carbonyl (C=O) groups is 15. The summed E-state index contributed by atoms with van der Waals surface area (Å²) < 4.78 is 24.2. The van der Waals surface area contributed by atoms with Gasteiger partial charge in [-0.1, -0.05) is 111 Å². The number of nitriles is 1. The van der Waals surface area contributed by atoms with E-state index in [0.29, 0.717) is 72.7 Å². The van der Waals surface area contributed by atoms with E-state index in [1.54, 1.807) is 125 Å². The number of nitrogens with zero attached hydrogens (tertiary/aromatic N) is 2. The van der Waals surface area contributed by atoms with Crippen molar-refractivity contribution in [1.82, 2.24) is 90.1 Å². The highest BCUT2D eigenvalue weighted by atomic mass is 31.1. The van der Waals surface area contributed by atoms with Crippen molar-refractivity contribution in [3.05, 3.63) is 149 Å². The zero-order valence-corrected chi connectivity index (χ0v) is 82.5. The molecule has 3 aliphatic heterocycles. The Hall–Kier alpha value is -13.7. The summed E-state index contributed by atoms with van der Waals surface area (Å²) in [6, 6.07) is 31.2. The predicted octanol–water partition coefficient (Wildman–Crippen LogP) is -9.56. The highest BCUT2D eigenvalue weighted by molar-refractivity contribution is 7.49. The van der Waals surface area contributed by atoms with Crippen LogP contribution in [0, 0.1) is 11.1 Å². The van der Waals surface area contributed by atoms with Crippen LogP contribution < -0.4 is 145 Å². The maximum Gasteiger partial charge on any atom is 0.452 e. The average molecular weight is 2110 g/mol. The number of hydrogen-bond acceptors (Lipinski definition) is 44. The number of benzene rings is 5. The number of hydroxylamine groups is 2. The fraction of sp³-hybridized carbons (Fsp3) is 0.465. The molecule has 3 radical (unpaired) electrons. The van der Waals surface area contributed by atoms with E-state index in [4.69, 9.17) is 68.9 Å². The van der Waals surface area contributed by atoms with Gasteiger partial charge < -0.3 is 155 Å². The normalized spacial score (nSPS) is 14.5. The van der Waals surface area contributed by atoms with Gasteiger partial charge in [-0.3, -0.25) is 67.1 Å². The summed E-state index contributed by atoms with van der Waals surface area (Å²) in [5.41, 5.74) is 8.04. The van der Waals surface area contributed by atoms with E-state index in [1.807, 2.05) is 24.3 Å². The van der Waals surface area contributed by atoms with Crippen LogP contribution in [0.15, 0.2) is 121 Å². The van der Waals surface area contributed by atoms with Crippen LogP contribution in [0.1, 0.15) is 48.1 Å². The fourth-order valence-corrected chi connectivity index (χ4v) is 11.6. The second kappa shape index (κ2) is 82.3. The van der Waals surface area contributed by atoms with Crippen LogP contribution in [0.25, 0.3) is 0 Å². The molecular formula is C86H135B3N24O34P+2. The minimum Gasteiger partial charge on any atom is -0.480 e. The molecule has 0 saturated carbocycles. The number of carbonyl (C=O) groups excluding carboxylic acids is 13. The van der Waals surface area contributed by atoms with Crippen LogP contribution in [-0.2, 0) is 153 Å². The second-order valence-corrected chi connectivity index (χ2v) is 31.9. The Bertz CT molecular complexity index is 4760. The molecule has 0 aromatic heterocycles. The predicted molar refractivity (Wildman–Crippen MR) is 526 cm³/mol. The van der Waals surface area contributed by atoms with E-state index in [9.17, 15) is 86.5 Å². The second-order valence-electron chi connectivity index (χ2n) is 30.7. The molecule has 12 amide bonds. The van der Waals surface area contributed by atoms with Crippen LogP contribution in [0.3, 0.4) is 0 Å². The number of imide groups is 1. The summed E-state index contributed by atoms with van der Waals surface area (Å²) in [6.45, 7) is 9.10. The molecule has 3 fully saturated rings. The van der Waals surface area contributed by atoms with Gasteiger partial charge in [0, 0.05) is 113 Å². The van der Waals surface area contributed by atoms with Crippen molar-refractivity contribution in [2.75, 3.05) is 165 Å². The highest BCUT2D eigenvalue weighted by Crippen LogP contribution is 2.20. The van der Waals surface area contributed by atoms with Gasteiger partial charge in [0.15, 0.2) is 41.5 Å². The van der Waals surface area contributed by atoms with Gasteiger partial charge in [-0.05, 0) is 108 Å². The summed E-state index contributed by atoms with van der Waals surface area (Å²) in [4.78, 5) is 223. The number of ether oxygens (including phenoxy) is 3. The van der Waals surface area contributed by atoms with Gasteiger partial charge in [0.1, 0.15) is 25.2 Å². The Morgan fingerprint density at radius 1 is 0.480 bits per heavy atom. The van der Waals surface area contributed by atoms with Crippen molar-refractivity contribution in [2.24, 2.45) is 29.5 Å². The molecule has 33 N–H and O–H groups in total. The van der Waals surface area contributed by atoms with Crippen molar-refractivity contribution in [3.8, 4) is 34.6 Å². The van der Waals surface area contributed by atoms with Gasteiger partial charge in [0.25, 0.3) is 31.6 Å². The van der Waals surface area contributed by atoms with E-state index in [2.05, 4.69) is 135 Å². The molecule has 8 rings (SSSR count). The third-order valence-electron chi connectivity index (χ3n) is 18.8. The molecule has 6 unspecified atom stereocenters. The van der Waals surface area contributed by atoms with Crippen LogP contribution in [0.4, 0.5) is 0 Å². The number of nitrogens with one attached hydrogen (secondary N) is 16. The topological polar surface area (TPSA) is 861 Å². The van der Waals surface area contributed by atoms with E-state index >= 15 is 0 Å². The number of carboxylic acid groups (broad SMARTS) is 2. The molecule has 0 spiro atoms. The molecule has 3 heterocycles. The SMILES string of the molecule is C.CB(O)CNC(Cc1ccc(OON)cc1)C(=O)NCC(=O)NCC(=O)NCC(=O)O.CB(O)CNC(Cc1ccc(OON)cc1)C(=O)ON1C(=O)CCC1=O.COCCOCCOC.C[P+](=O)C#N.NOOc1ccc(CC([NH3+])C(=O)NCC(=O)NCC(=O)NCC(=O)O)cc1.NOOc1ccc(CC2CNCCNCCNCCN2)cc1.NOOc1ccc(CC2NC(=O)CNC(=O)CNC(=O)CNC2=O)cc1.[B]. The first-order valence-corrected chi connectivity index (χ1v) is 46.4. The summed E-state index contributed by atoms with van der Waals surface area (Å²) >= 11 is 0. The molecule has 5 aromatic rings. The maximum atomic E-state index is 12.5. The lowest BCUT2D eigenvalue weighted by molar-refractivity contribution is -0.403. The van der Waals surface area contributed by atoms with E-state index in [-0.39, 0.29) is 87.0 Å². The van der Waals surface area contributed by atoms with E-state index < -0.39 is 167 Å². The number of amides is 12. The minimum absolute atomic E-state index is 0. The van der Waals surface area contributed by atoms with Gasteiger partial charge >= 0.3 is 31.5 Å². The van der Waals surface area contributed by atoms with Crippen molar-refractivity contribution in [2.45, 2.75) is 96.2 Å². The number of quaternary nitrogens is 1. The number of rotatable bonds is 48. The van der Waals surface area contributed by atoms with Gasteiger partial charge in [-0.25, -0.2) is 4.79 Å². The van der Waals surface area contributed by atoms with Crippen LogP contribution in [-0.4, -0.2) is 331 Å². The van der Waals surface area contributed by atoms with Crippen molar-refractivity contribution in [1.29, 1.82) is 5.26 Å². The molecule has 3 aliphatic rings. The van der Waals surface area contributed by atoms with Crippen molar-refractivity contribution in [3.63, 3.8) is 0 Å². The number of nitrogens with two attached hydrogens (primary N) is 5. The van der Waals surface area contributed by atoms with Gasteiger partial charge in [-0.15, -0.1) is 10.3 Å². The minimum atomic E-state index is -1.54. The van der Waals surface area contributed by atoms with Crippen molar-refractivity contribution < 1.29 is 171 Å². The molecule has 815 valence electrons. The Morgan fingerprint density at radius 2 is 0.818 bits per heavy atom. The third kappa shape index (κ3) is 66.4. The zero-order chi connectivity index (χ0) is 108. The lowest BCUT2D eigenvalue weighted by Gasteiger charge is -2.21. The maximum absolute atomic E-state index is 12.5. The smallest absolute Gasteiger partial charge is 0.452 e. The number of methoxy groups -OCH3 is 2. The van der Waals surface area contributed by atoms with E-state index in [1.165, 1.54) is 18.0 Å². The Balaban J connectivity index is 0.00000176. The highest BCUT2D eigenvalue weighted by Gasteiger charge is 2.36. The fourth-order valence-electron chi connectivity index (χ4n) is 11.6. The van der Waals surface area contributed by atoms with Crippen LogP contribution in [0.5, 0.6) is 28.7 Å². The first-order valence-electron chi connectivity index (χ1n) is 44.7. The Labute approximate surface area is 855 Å². The molecule has 0 aliphatic carbocycles. The standard InChI is InChI=1S/C17H26BN5O8.C15H20BN3O7.C15H21N5O7.C15H19N5O6.C15H27N5O2.C6H14O3.C2H3NOP.CH4.B/c1-18(29)10-23-13(6-11-2-4-12(5-3-11)30-31-19)17(28)22-8-15(25)20-7-14(24)21-9-16(26)27;1-16(23)9-18-12(8-10-2-4-11(5-3-10)25-26-17)15(22)24-19-13(20)6-7-14(19)21;16-11(5-9-1-3-10(4-2-9)26-27-17)15(25)20-7-13(22)18-6-12(21)19-8-14(23)24;16-26-25-10-3-1-9(2-4-10)5-11-15(24)19-7-13(22)17-6-12(21)18-8-14(23)20-11;16-22-21-15-3-1-13(2-4-15)11-14-12-19-8-7-17-5-6-18-9-10-20-14;1-7-3-5-9-6-4-8-2;1-5(4)2-3;;/h2-5,13,23,29H,6-10,19H2,1H3,(H,20,25)(H,21,24)(H,22,28)(H,26,27);2-5,12,18,23H,6-9,17H2,1H3;1-4,11H,5-8,16-17H2,(H,18,22)(H,19,21)(H,20,25)(H,23,24);1-4,11H,5-8,16H2,(H,17,22)(H,18,21)(H,19,24)(H,20,23);1-4,14,17-20H,5-12,16H2;3-6H2,1-2H3;1H3;1H4;/q;;;;;;+1;;/p+1. The number of carboxylic acids is 2. The quantitative estimate of drug-likeness (QED) is 0.00429. The van der Waals surface area contributed by atoms with Crippen LogP contribution >= 0.6 is 7.80 Å². The van der Waals surface area contributed by atoms with E-state index in [0.717, 1.165) is 74.5 Å². The molecule has 62 heteroatoms. The van der Waals surface area contributed by atoms with Crippen molar-refractivity contribution >= 4 is 119 Å². The molecule has 148 heavy (non-hydrogen) atoms. The molecule has 58 nitrogen and oxygen atoms in total. The molecule has 3 saturated heterocycles. The number of hydrogen-bond donors (Lipinski definition) is 26. The summed E-state index contributed by atoms with van der Waals surface area (Å²) in [5, 5.41) is 86.8. The van der Waals surface area contributed by atoms with Crippen LogP contribution in [0.2, 0.25) is 13.6 Å². The van der Waals surface area contributed by atoms with Gasteiger partial charge in [-0.2, -0.15) is 29.5 Å². The molecule has 5 aromatic carbocycles. The first-order chi connectivity index (χ1) is 70.0. The lowest BCUT2D eigenvalue weighted by atomic mass is 9.72.